The van der Waals surface area contributed by atoms with Gasteiger partial charge in [-0.1, -0.05) is 0 Å². The molecule has 0 aromatic rings. The largest absolute Gasteiger partial charge is 0.444 e. The fourth-order valence-corrected chi connectivity index (χ4v) is 1.81. The molecule has 0 bridgehead atoms. The Labute approximate surface area is 113 Å². The molecule has 1 atom stereocenters. The summed E-state index contributed by atoms with van der Waals surface area (Å²) in [5, 5.41) is 0. The third-order valence-corrected chi connectivity index (χ3v) is 2.84. The van der Waals surface area contributed by atoms with Gasteiger partial charge in [-0.3, -0.25) is 9.69 Å². The minimum absolute atomic E-state index is 0.300. The van der Waals surface area contributed by atoms with E-state index in [0.717, 1.165) is 0 Å². The van der Waals surface area contributed by atoms with E-state index in [1.807, 2.05) is 25.7 Å². The van der Waals surface area contributed by atoms with E-state index in [1.54, 1.807) is 4.90 Å². The number of hydrogen-bond acceptors (Lipinski definition) is 5. The highest BCUT2D eigenvalue weighted by molar-refractivity contribution is 5.79. The van der Waals surface area contributed by atoms with Gasteiger partial charge in [-0.15, -0.1) is 0 Å². The van der Waals surface area contributed by atoms with Crippen molar-refractivity contribution in [3.8, 4) is 0 Å². The van der Waals surface area contributed by atoms with Gasteiger partial charge in [-0.2, -0.15) is 0 Å². The zero-order valence-electron chi connectivity index (χ0n) is 11.9. The maximum atomic E-state index is 11.8. The van der Waals surface area contributed by atoms with Crippen LogP contribution in [0.3, 0.4) is 0 Å². The van der Waals surface area contributed by atoms with Gasteiger partial charge in [-0.25, -0.2) is 4.79 Å². The summed E-state index contributed by atoms with van der Waals surface area (Å²) in [6.07, 6.45) is -0.300. The van der Waals surface area contributed by atoms with Gasteiger partial charge in [-0.05, 0) is 20.8 Å². The number of rotatable bonds is 3. The van der Waals surface area contributed by atoms with Gasteiger partial charge in [0.15, 0.2) is 0 Å². The highest BCUT2D eigenvalue weighted by Gasteiger charge is 2.26. The molecular formula is C12H24N4O3. The lowest BCUT2D eigenvalue weighted by atomic mass is 10.2. The first-order chi connectivity index (χ1) is 8.69. The molecule has 0 aliphatic carbocycles. The van der Waals surface area contributed by atoms with Crippen molar-refractivity contribution in [2.45, 2.75) is 32.4 Å². The third kappa shape index (κ3) is 5.44. The maximum absolute atomic E-state index is 11.8. The van der Waals surface area contributed by atoms with Crippen molar-refractivity contribution >= 4 is 12.0 Å². The van der Waals surface area contributed by atoms with Gasteiger partial charge < -0.3 is 21.1 Å². The number of carbonyl (C=O) groups is 2. The van der Waals surface area contributed by atoms with Crippen LogP contribution in [0.1, 0.15) is 20.8 Å². The fourth-order valence-electron chi connectivity index (χ4n) is 1.81. The van der Waals surface area contributed by atoms with Crippen LogP contribution < -0.4 is 11.5 Å². The summed E-state index contributed by atoms with van der Waals surface area (Å²) < 4.78 is 5.30. The van der Waals surface area contributed by atoms with Crippen molar-refractivity contribution in [1.82, 2.24) is 9.80 Å². The molecule has 7 heteroatoms. The van der Waals surface area contributed by atoms with Gasteiger partial charge in [0.05, 0.1) is 6.04 Å². The Bertz CT molecular complexity index is 332. The lowest BCUT2D eigenvalue weighted by Gasteiger charge is -2.36. The molecule has 19 heavy (non-hydrogen) atoms. The number of carbonyl (C=O) groups excluding carboxylic acids is 2. The number of hydrogen-bond donors (Lipinski definition) is 2. The molecule has 0 radical (unpaired) electrons. The topological polar surface area (TPSA) is 102 Å². The Hall–Kier alpha value is -1.34. The average Bonchev–Trinajstić information content (AvgIpc) is 2.27. The van der Waals surface area contributed by atoms with Crippen LogP contribution in [0.5, 0.6) is 0 Å². The van der Waals surface area contributed by atoms with E-state index >= 15 is 0 Å². The summed E-state index contributed by atoms with van der Waals surface area (Å²) in [5.41, 5.74) is 10.2. The van der Waals surface area contributed by atoms with Crippen molar-refractivity contribution in [3.05, 3.63) is 0 Å². The minimum Gasteiger partial charge on any atom is -0.444 e. The maximum Gasteiger partial charge on any atom is 0.410 e. The van der Waals surface area contributed by atoms with Gasteiger partial charge in [0.1, 0.15) is 5.60 Å². The van der Waals surface area contributed by atoms with Crippen molar-refractivity contribution in [2.24, 2.45) is 11.5 Å². The number of nitrogens with two attached hydrogens (primary N) is 2. The van der Waals surface area contributed by atoms with Crippen LogP contribution >= 0.6 is 0 Å². The lowest BCUT2D eigenvalue weighted by molar-refractivity contribution is -0.119. The number of ether oxygens (including phenoxy) is 1. The van der Waals surface area contributed by atoms with Gasteiger partial charge in [0.2, 0.25) is 5.91 Å². The van der Waals surface area contributed by atoms with Crippen molar-refractivity contribution in [1.29, 1.82) is 0 Å². The van der Waals surface area contributed by atoms with Gasteiger partial charge in [0.25, 0.3) is 0 Å². The first kappa shape index (κ1) is 15.7. The zero-order valence-corrected chi connectivity index (χ0v) is 11.9. The second kappa shape index (κ2) is 6.21. The summed E-state index contributed by atoms with van der Waals surface area (Å²) in [7, 11) is 0. The molecule has 2 amide bonds. The molecule has 7 nitrogen and oxygen atoms in total. The van der Waals surface area contributed by atoms with Gasteiger partial charge in [0, 0.05) is 32.7 Å². The molecule has 1 saturated heterocycles. The Morgan fingerprint density at radius 1 is 1.21 bits per heavy atom. The molecule has 0 aromatic heterocycles. The number of nitrogens with zero attached hydrogens (tertiary/aromatic N) is 2. The predicted octanol–water partition coefficient (Wildman–Crippen LogP) is -0.648. The predicted molar refractivity (Wildman–Crippen MR) is 71.4 cm³/mol. The summed E-state index contributed by atoms with van der Waals surface area (Å²) in [6.45, 7) is 8.42. The van der Waals surface area contributed by atoms with Crippen LogP contribution in [0, 0.1) is 0 Å². The monoisotopic (exact) mass is 272 g/mol. The van der Waals surface area contributed by atoms with Crippen LogP contribution in [0.4, 0.5) is 4.79 Å². The Balaban J connectivity index is 2.36. The summed E-state index contributed by atoms with van der Waals surface area (Å²) in [4.78, 5) is 26.4. The zero-order chi connectivity index (χ0) is 14.6. The molecule has 1 fully saturated rings. The number of primary amides is 1. The molecule has 1 unspecified atom stereocenters. The SMILES string of the molecule is CC(C)(C)OC(=O)N1CCN(CC(N)C(N)=O)CC1. The second-order valence-electron chi connectivity index (χ2n) is 5.78. The molecule has 110 valence electrons. The first-order valence-electron chi connectivity index (χ1n) is 6.44. The van der Waals surface area contributed by atoms with Crippen molar-refractivity contribution in [2.75, 3.05) is 32.7 Å². The van der Waals surface area contributed by atoms with E-state index in [4.69, 9.17) is 16.2 Å². The Morgan fingerprint density at radius 3 is 2.16 bits per heavy atom. The number of piperazine rings is 1. The molecule has 0 spiro atoms. The Morgan fingerprint density at radius 2 is 1.74 bits per heavy atom. The molecule has 1 aliphatic rings. The smallest absolute Gasteiger partial charge is 0.410 e. The molecule has 1 rings (SSSR count). The van der Waals surface area contributed by atoms with E-state index in [0.29, 0.717) is 32.7 Å². The van der Waals surface area contributed by atoms with Crippen LogP contribution in [0.25, 0.3) is 0 Å². The molecule has 1 aliphatic heterocycles. The summed E-state index contributed by atoms with van der Waals surface area (Å²) in [5.74, 6) is -0.505. The minimum atomic E-state index is -0.659. The molecule has 1 heterocycles. The summed E-state index contributed by atoms with van der Waals surface area (Å²) in [6, 6.07) is -0.659. The van der Waals surface area contributed by atoms with Crippen LogP contribution in [0.15, 0.2) is 0 Å². The van der Waals surface area contributed by atoms with Crippen molar-refractivity contribution < 1.29 is 14.3 Å². The van der Waals surface area contributed by atoms with Crippen LogP contribution in [-0.4, -0.2) is 66.2 Å². The molecule has 0 aromatic carbocycles. The highest BCUT2D eigenvalue weighted by Crippen LogP contribution is 2.11. The van der Waals surface area contributed by atoms with Crippen LogP contribution in [-0.2, 0) is 9.53 Å². The normalized spacial score (nSPS) is 19.1. The number of amides is 2. The first-order valence-corrected chi connectivity index (χ1v) is 6.44. The Kier molecular flexibility index (Phi) is 5.13. The lowest BCUT2D eigenvalue weighted by Crippen LogP contribution is -2.54. The molecule has 4 N–H and O–H groups in total. The third-order valence-electron chi connectivity index (χ3n) is 2.84. The highest BCUT2D eigenvalue weighted by atomic mass is 16.6. The van der Waals surface area contributed by atoms with Gasteiger partial charge >= 0.3 is 6.09 Å². The summed E-state index contributed by atoms with van der Waals surface area (Å²) >= 11 is 0. The molecular weight excluding hydrogens is 248 g/mol. The van der Waals surface area contributed by atoms with E-state index in [2.05, 4.69) is 0 Å². The van der Waals surface area contributed by atoms with Crippen molar-refractivity contribution in [3.63, 3.8) is 0 Å². The van der Waals surface area contributed by atoms with Crippen LogP contribution in [0.2, 0.25) is 0 Å². The van der Waals surface area contributed by atoms with E-state index in [9.17, 15) is 9.59 Å². The molecule has 0 saturated carbocycles. The average molecular weight is 272 g/mol. The standard InChI is InChI=1S/C12H24N4O3/c1-12(2,3)19-11(18)16-6-4-15(5-7-16)8-9(13)10(14)17/h9H,4-8,13H2,1-3H3,(H2,14,17). The van der Waals surface area contributed by atoms with E-state index < -0.39 is 17.6 Å². The van der Waals surface area contributed by atoms with E-state index in [1.165, 1.54) is 0 Å². The quantitative estimate of drug-likeness (QED) is 0.711. The second-order valence-corrected chi connectivity index (χ2v) is 5.78. The fraction of sp³-hybridized carbons (Fsp3) is 0.833. The van der Waals surface area contributed by atoms with E-state index in [-0.39, 0.29) is 6.09 Å².